The molecule has 0 unspecified atom stereocenters. The molecule has 0 radical (unpaired) electrons. The maximum atomic E-state index is 13.8. The molecule has 0 spiro atoms. The van der Waals surface area contributed by atoms with Crippen LogP contribution in [0.4, 0.5) is 10.1 Å². The Morgan fingerprint density at radius 1 is 1.07 bits per heavy atom. The van der Waals surface area contributed by atoms with E-state index >= 15 is 0 Å². The molecule has 1 amide bonds. The van der Waals surface area contributed by atoms with Gasteiger partial charge in [-0.25, -0.2) is 9.07 Å². The van der Waals surface area contributed by atoms with Crippen molar-refractivity contribution in [1.29, 1.82) is 0 Å². The van der Waals surface area contributed by atoms with Gasteiger partial charge in [0.1, 0.15) is 5.82 Å². The molecule has 6 nitrogen and oxygen atoms in total. The molecule has 0 aliphatic heterocycles. The second kappa shape index (κ2) is 7.71. The van der Waals surface area contributed by atoms with Gasteiger partial charge in [0.05, 0.1) is 6.54 Å². The molecule has 29 heavy (non-hydrogen) atoms. The molecule has 1 N–H and O–H groups in total. The van der Waals surface area contributed by atoms with Crippen LogP contribution in [0, 0.1) is 19.7 Å². The number of anilines is 1. The van der Waals surface area contributed by atoms with Crippen molar-refractivity contribution < 1.29 is 9.18 Å². The van der Waals surface area contributed by atoms with Gasteiger partial charge in [-0.15, -0.1) is 5.10 Å². The topological polar surface area (TPSA) is 64.7 Å². The van der Waals surface area contributed by atoms with Crippen LogP contribution >= 0.6 is 0 Å². The van der Waals surface area contributed by atoms with E-state index < -0.39 is 5.91 Å². The van der Waals surface area contributed by atoms with Gasteiger partial charge in [0.2, 0.25) is 0 Å². The molecule has 2 aromatic carbocycles. The number of carbonyl (C=O) groups excluding carboxylic acids is 1. The smallest absolute Gasteiger partial charge is 0.280 e. The summed E-state index contributed by atoms with van der Waals surface area (Å²) in [6.45, 7) is 4.16. The Morgan fingerprint density at radius 3 is 2.48 bits per heavy atom. The predicted octanol–water partition coefficient (Wildman–Crippen LogP) is 4.13. The maximum Gasteiger partial charge on any atom is 0.280 e. The Bertz CT molecular complexity index is 1150. The van der Waals surface area contributed by atoms with Gasteiger partial charge in [-0.05, 0) is 49.2 Å². The van der Waals surface area contributed by atoms with E-state index in [1.807, 2.05) is 55.7 Å². The molecule has 0 saturated carbocycles. The van der Waals surface area contributed by atoms with Crippen LogP contribution in [0.2, 0.25) is 0 Å². The lowest BCUT2D eigenvalue weighted by atomic mass is 10.1. The summed E-state index contributed by atoms with van der Waals surface area (Å²) in [4.78, 5) is 12.9. The summed E-state index contributed by atoms with van der Waals surface area (Å²) in [5.74, 6) is -0.288. The van der Waals surface area contributed by atoms with Crippen LogP contribution in [-0.2, 0) is 6.54 Å². The number of amides is 1. The lowest BCUT2D eigenvalue weighted by molar-refractivity contribution is 0.102. The SMILES string of the molecule is Cc1ccc(Cn2nnc(C(=O)Nc3ccc(C)c(F)c3)c2-n2cccc2)cc1. The Labute approximate surface area is 167 Å². The molecule has 0 saturated heterocycles. The van der Waals surface area contributed by atoms with Crippen molar-refractivity contribution in [3.8, 4) is 5.82 Å². The number of halogens is 1. The minimum atomic E-state index is -0.452. The van der Waals surface area contributed by atoms with Crippen molar-refractivity contribution in [2.75, 3.05) is 5.32 Å². The average molecular weight is 389 g/mol. The Hall–Kier alpha value is -3.74. The van der Waals surface area contributed by atoms with Gasteiger partial charge in [-0.1, -0.05) is 41.1 Å². The molecule has 4 rings (SSSR count). The van der Waals surface area contributed by atoms with Crippen molar-refractivity contribution in [3.05, 3.63) is 95.2 Å². The number of aromatic nitrogens is 4. The molecule has 2 heterocycles. The zero-order chi connectivity index (χ0) is 20.4. The van der Waals surface area contributed by atoms with E-state index in [-0.39, 0.29) is 11.5 Å². The van der Waals surface area contributed by atoms with E-state index in [1.54, 1.807) is 28.3 Å². The molecular weight excluding hydrogens is 369 g/mol. The van der Waals surface area contributed by atoms with Crippen molar-refractivity contribution in [2.45, 2.75) is 20.4 Å². The minimum absolute atomic E-state index is 0.161. The van der Waals surface area contributed by atoms with E-state index in [9.17, 15) is 9.18 Å². The number of hydrogen-bond acceptors (Lipinski definition) is 3. The van der Waals surface area contributed by atoms with Crippen LogP contribution in [-0.4, -0.2) is 25.5 Å². The fraction of sp³-hybridized carbons (Fsp3) is 0.136. The van der Waals surface area contributed by atoms with E-state index in [1.165, 1.54) is 11.6 Å². The summed E-state index contributed by atoms with van der Waals surface area (Å²) < 4.78 is 17.3. The van der Waals surface area contributed by atoms with Crippen LogP contribution in [0.15, 0.2) is 67.0 Å². The lowest BCUT2D eigenvalue weighted by Crippen LogP contribution is -2.17. The quantitative estimate of drug-likeness (QED) is 0.558. The predicted molar refractivity (Wildman–Crippen MR) is 109 cm³/mol. The number of hydrogen-bond donors (Lipinski definition) is 1. The minimum Gasteiger partial charge on any atom is -0.320 e. The number of nitrogens with one attached hydrogen (secondary N) is 1. The largest absolute Gasteiger partial charge is 0.320 e. The first-order valence-electron chi connectivity index (χ1n) is 9.21. The lowest BCUT2D eigenvalue weighted by Gasteiger charge is -2.10. The first-order valence-corrected chi connectivity index (χ1v) is 9.21. The van der Waals surface area contributed by atoms with Crippen LogP contribution in [0.3, 0.4) is 0 Å². The van der Waals surface area contributed by atoms with Crippen LogP contribution in [0.25, 0.3) is 5.82 Å². The maximum absolute atomic E-state index is 13.8. The van der Waals surface area contributed by atoms with Gasteiger partial charge in [0.15, 0.2) is 11.5 Å². The first-order chi connectivity index (χ1) is 14.0. The molecule has 4 aromatic rings. The number of nitrogens with zero attached hydrogens (tertiary/aromatic N) is 4. The average Bonchev–Trinajstić information content (AvgIpc) is 3.36. The van der Waals surface area contributed by atoms with Crippen molar-refractivity contribution in [3.63, 3.8) is 0 Å². The molecule has 2 aromatic heterocycles. The summed E-state index contributed by atoms with van der Waals surface area (Å²) in [6, 6.07) is 16.4. The second-order valence-corrected chi connectivity index (χ2v) is 6.91. The Kier molecular flexibility index (Phi) is 4.95. The first kappa shape index (κ1) is 18.6. The molecule has 0 fully saturated rings. The highest BCUT2D eigenvalue weighted by Gasteiger charge is 2.21. The zero-order valence-corrected chi connectivity index (χ0v) is 16.1. The number of carbonyl (C=O) groups is 1. The molecule has 0 bridgehead atoms. The Balaban J connectivity index is 1.67. The fourth-order valence-corrected chi connectivity index (χ4v) is 3.02. The Morgan fingerprint density at radius 2 is 1.79 bits per heavy atom. The number of rotatable bonds is 5. The van der Waals surface area contributed by atoms with Crippen LogP contribution in [0.5, 0.6) is 0 Å². The summed E-state index contributed by atoms with van der Waals surface area (Å²) in [5, 5.41) is 11.0. The number of benzene rings is 2. The van der Waals surface area contributed by atoms with Gasteiger partial charge >= 0.3 is 0 Å². The summed E-state index contributed by atoms with van der Waals surface area (Å²) >= 11 is 0. The molecule has 0 aliphatic rings. The third-order valence-corrected chi connectivity index (χ3v) is 4.66. The van der Waals surface area contributed by atoms with E-state index in [0.717, 1.165) is 5.56 Å². The van der Waals surface area contributed by atoms with Gasteiger partial charge < -0.3 is 9.88 Å². The normalized spacial score (nSPS) is 10.9. The van der Waals surface area contributed by atoms with Gasteiger partial charge in [0, 0.05) is 18.1 Å². The molecule has 7 heteroatoms. The van der Waals surface area contributed by atoms with Gasteiger partial charge in [0.25, 0.3) is 5.91 Å². The van der Waals surface area contributed by atoms with E-state index in [4.69, 9.17) is 0 Å². The molecule has 0 atom stereocenters. The van der Waals surface area contributed by atoms with E-state index in [2.05, 4.69) is 15.6 Å². The third-order valence-electron chi connectivity index (χ3n) is 4.66. The third kappa shape index (κ3) is 3.94. The van der Waals surface area contributed by atoms with E-state index in [0.29, 0.717) is 23.6 Å². The highest BCUT2D eigenvalue weighted by Crippen LogP contribution is 2.18. The fourth-order valence-electron chi connectivity index (χ4n) is 3.02. The monoisotopic (exact) mass is 389 g/mol. The van der Waals surface area contributed by atoms with Crippen molar-refractivity contribution in [1.82, 2.24) is 19.6 Å². The van der Waals surface area contributed by atoms with Gasteiger partial charge in [-0.2, -0.15) is 0 Å². The molecule has 146 valence electrons. The number of aryl methyl sites for hydroxylation is 2. The van der Waals surface area contributed by atoms with Gasteiger partial charge in [-0.3, -0.25) is 4.79 Å². The summed E-state index contributed by atoms with van der Waals surface area (Å²) in [7, 11) is 0. The summed E-state index contributed by atoms with van der Waals surface area (Å²) in [6.07, 6.45) is 3.65. The standard InChI is InChI=1S/C22H20FN5O/c1-15-5-8-17(9-6-15)14-28-22(27-11-3-4-12-27)20(25-26-28)21(29)24-18-10-7-16(2)19(23)13-18/h3-13H,14H2,1-2H3,(H,24,29). The van der Waals surface area contributed by atoms with Crippen molar-refractivity contribution in [2.24, 2.45) is 0 Å². The molecule has 0 aliphatic carbocycles. The van der Waals surface area contributed by atoms with Crippen LogP contribution in [0.1, 0.15) is 27.2 Å². The second-order valence-electron chi connectivity index (χ2n) is 6.91. The van der Waals surface area contributed by atoms with Crippen molar-refractivity contribution >= 4 is 11.6 Å². The molecular formula is C22H20FN5O. The summed E-state index contributed by atoms with van der Waals surface area (Å²) in [5.41, 5.74) is 3.25. The highest BCUT2D eigenvalue weighted by atomic mass is 19.1. The van der Waals surface area contributed by atoms with Crippen LogP contribution < -0.4 is 5.32 Å². The highest BCUT2D eigenvalue weighted by molar-refractivity contribution is 6.04. The zero-order valence-electron chi connectivity index (χ0n) is 16.1.